The normalized spacial score (nSPS) is 11.0. The van der Waals surface area contributed by atoms with Crippen LogP contribution in [0.25, 0.3) is 6.08 Å². The minimum Gasteiger partial charge on any atom is -0.496 e. The van der Waals surface area contributed by atoms with Crippen LogP contribution in [0.3, 0.4) is 0 Å². The van der Waals surface area contributed by atoms with Crippen LogP contribution in [0.5, 0.6) is 5.75 Å². The van der Waals surface area contributed by atoms with E-state index in [1.54, 1.807) is 30.3 Å². The fraction of sp³-hybridized carbons (Fsp3) is 0.0833. The number of hydrogen-bond donors (Lipinski definition) is 1. The van der Waals surface area contributed by atoms with Crippen LogP contribution in [0.15, 0.2) is 66.2 Å². The highest BCUT2D eigenvalue weighted by atomic mass is 127. The van der Waals surface area contributed by atoms with E-state index in [-0.39, 0.29) is 11.4 Å². The van der Waals surface area contributed by atoms with E-state index in [2.05, 4.69) is 27.9 Å². The number of anilines is 1. The molecule has 156 valence electrons. The molecular weight excluding hydrogens is 513 g/mol. The minimum absolute atomic E-state index is 0.121. The molecule has 0 saturated heterocycles. The summed E-state index contributed by atoms with van der Waals surface area (Å²) >= 11 is 2.12. The summed E-state index contributed by atoms with van der Waals surface area (Å²) < 4.78 is 33.4. The number of methoxy groups -OCH3 is 1. The molecule has 1 N–H and O–H groups in total. The number of benzene rings is 3. The van der Waals surface area contributed by atoms with Gasteiger partial charge in [-0.15, -0.1) is 0 Å². The number of nitrogens with one attached hydrogen (secondary N) is 1. The van der Waals surface area contributed by atoms with E-state index < -0.39 is 11.7 Å². The van der Waals surface area contributed by atoms with Crippen molar-refractivity contribution in [3.63, 3.8) is 0 Å². The fourth-order valence-electron chi connectivity index (χ4n) is 2.95. The van der Waals surface area contributed by atoms with Crippen molar-refractivity contribution < 1.29 is 18.3 Å². The Balaban J connectivity index is 1.89. The van der Waals surface area contributed by atoms with Gasteiger partial charge in [0, 0.05) is 21.2 Å². The van der Waals surface area contributed by atoms with Gasteiger partial charge in [0.25, 0.3) is 5.91 Å². The molecule has 0 unspecified atom stereocenters. The first kappa shape index (κ1) is 22.4. The van der Waals surface area contributed by atoms with Crippen molar-refractivity contribution in [3.8, 4) is 11.8 Å². The Morgan fingerprint density at radius 3 is 2.52 bits per heavy atom. The second kappa shape index (κ2) is 10.2. The van der Waals surface area contributed by atoms with E-state index in [0.29, 0.717) is 29.0 Å². The summed E-state index contributed by atoms with van der Waals surface area (Å²) in [4.78, 5) is 12.4. The van der Waals surface area contributed by atoms with E-state index >= 15 is 0 Å². The Morgan fingerprint density at radius 2 is 1.87 bits per heavy atom. The number of nitriles is 1. The second-order valence-electron chi connectivity index (χ2n) is 6.58. The standard InChI is InChI=1S/C24H17F2IN2O2/c1-31-23-12-15(11-22(27)20(23)13-16-4-2-3-5-21(16)26)10-17(14-28)24(30)29-19-8-6-18(25)7-9-19/h2-12H,13H2,1H3,(H,29,30)/b17-10+. The lowest BCUT2D eigenvalue weighted by Crippen LogP contribution is -2.13. The zero-order valence-electron chi connectivity index (χ0n) is 16.5. The summed E-state index contributed by atoms with van der Waals surface area (Å²) in [6.45, 7) is 0. The molecule has 3 aromatic rings. The predicted molar refractivity (Wildman–Crippen MR) is 124 cm³/mol. The van der Waals surface area contributed by atoms with Gasteiger partial charge in [-0.05, 0) is 82.3 Å². The molecule has 0 aliphatic carbocycles. The lowest BCUT2D eigenvalue weighted by molar-refractivity contribution is -0.112. The number of ether oxygens (including phenoxy) is 1. The highest BCUT2D eigenvalue weighted by molar-refractivity contribution is 14.1. The lowest BCUT2D eigenvalue weighted by atomic mass is 10.0. The summed E-state index contributed by atoms with van der Waals surface area (Å²) in [5.74, 6) is -0.809. The maximum Gasteiger partial charge on any atom is 0.266 e. The topological polar surface area (TPSA) is 62.1 Å². The summed E-state index contributed by atoms with van der Waals surface area (Å²) in [6, 6.07) is 17.1. The first-order valence-electron chi connectivity index (χ1n) is 9.19. The van der Waals surface area contributed by atoms with Gasteiger partial charge in [0.1, 0.15) is 29.0 Å². The third kappa shape index (κ3) is 5.67. The lowest BCUT2D eigenvalue weighted by Gasteiger charge is -2.13. The first-order chi connectivity index (χ1) is 14.9. The maximum absolute atomic E-state index is 14.1. The largest absolute Gasteiger partial charge is 0.496 e. The Hall–Kier alpha value is -3.25. The van der Waals surface area contributed by atoms with Crippen LogP contribution in [-0.4, -0.2) is 13.0 Å². The van der Waals surface area contributed by atoms with Crippen molar-refractivity contribution >= 4 is 40.3 Å². The van der Waals surface area contributed by atoms with Crippen LogP contribution < -0.4 is 10.1 Å². The number of halogens is 3. The molecule has 0 spiro atoms. The smallest absolute Gasteiger partial charge is 0.266 e. The monoisotopic (exact) mass is 530 g/mol. The summed E-state index contributed by atoms with van der Waals surface area (Å²) in [5.41, 5.74) is 2.19. The maximum atomic E-state index is 14.1. The highest BCUT2D eigenvalue weighted by Gasteiger charge is 2.15. The number of carbonyl (C=O) groups excluding carboxylic acids is 1. The molecule has 0 radical (unpaired) electrons. The molecule has 0 fully saturated rings. The van der Waals surface area contributed by atoms with E-state index in [9.17, 15) is 18.8 Å². The molecule has 0 aliphatic rings. The number of carbonyl (C=O) groups is 1. The van der Waals surface area contributed by atoms with Crippen molar-refractivity contribution in [1.82, 2.24) is 0 Å². The molecular formula is C24H17F2IN2O2. The van der Waals surface area contributed by atoms with Crippen LogP contribution in [-0.2, 0) is 11.2 Å². The van der Waals surface area contributed by atoms with Gasteiger partial charge in [0.15, 0.2) is 0 Å². The SMILES string of the molecule is COc1cc(/C=C(\C#N)C(=O)Nc2ccc(F)cc2)cc(I)c1Cc1ccccc1F. The molecule has 3 rings (SSSR count). The van der Waals surface area contributed by atoms with Gasteiger partial charge >= 0.3 is 0 Å². The summed E-state index contributed by atoms with van der Waals surface area (Å²) in [5, 5.41) is 12.0. The van der Waals surface area contributed by atoms with Crippen LogP contribution >= 0.6 is 22.6 Å². The molecule has 3 aromatic carbocycles. The highest BCUT2D eigenvalue weighted by Crippen LogP contribution is 2.30. The number of hydrogen-bond acceptors (Lipinski definition) is 3. The molecule has 4 nitrogen and oxygen atoms in total. The van der Waals surface area contributed by atoms with Crippen LogP contribution in [0.2, 0.25) is 0 Å². The van der Waals surface area contributed by atoms with Crippen molar-refractivity contribution in [2.24, 2.45) is 0 Å². The summed E-state index contributed by atoms with van der Waals surface area (Å²) in [7, 11) is 1.51. The molecule has 0 aromatic heterocycles. The van der Waals surface area contributed by atoms with Gasteiger partial charge in [0.05, 0.1) is 7.11 Å². The Morgan fingerprint density at radius 1 is 1.16 bits per heavy atom. The Kier molecular flexibility index (Phi) is 7.36. The summed E-state index contributed by atoms with van der Waals surface area (Å²) in [6.07, 6.45) is 1.78. The van der Waals surface area contributed by atoms with E-state index in [4.69, 9.17) is 4.74 Å². The molecule has 0 bridgehead atoms. The minimum atomic E-state index is -0.612. The van der Waals surface area contributed by atoms with Gasteiger partial charge in [-0.1, -0.05) is 18.2 Å². The van der Waals surface area contributed by atoms with E-state index in [1.807, 2.05) is 6.07 Å². The third-order valence-corrected chi connectivity index (χ3v) is 5.46. The Labute approximate surface area is 192 Å². The van der Waals surface area contributed by atoms with Crippen LogP contribution in [0.4, 0.5) is 14.5 Å². The van der Waals surface area contributed by atoms with Crippen molar-refractivity contribution in [2.45, 2.75) is 6.42 Å². The number of rotatable bonds is 6. The molecule has 1 amide bonds. The van der Waals surface area contributed by atoms with E-state index in [0.717, 1.165) is 9.13 Å². The predicted octanol–water partition coefficient (Wildman–Crippen LogP) is 5.71. The first-order valence-corrected chi connectivity index (χ1v) is 10.3. The van der Waals surface area contributed by atoms with Crippen molar-refractivity contribution in [1.29, 1.82) is 5.26 Å². The van der Waals surface area contributed by atoms with Crippen molar-refractivity contribution in [3.05, 3.63) is 98.1 Å². The van der Waals surface area contributed by atoms with Crippen molar-refractivity contribution in [2.75, 3.05) is 12.4 Å². The average Bonchev–Trinajstić information content (AvgIpc) is 2.76. The molecule has 0 heterocycles. The third-order valence-electron chi connectivity index (χ3n) is 4.50. The van der Waals surface area contributed by atoms with Gasteiger partial charge < -0.3 is 10.1 Å². The molecule has 0 saturated carbocycles. The van der Waals surface area contributed by atoms with Crippen LogP contribution in [0, 0.1) is 26.5 Å². The average molecular weight is 530 g/mol. The molecule has 31 heavy (non-hydrogen) atoms. The molecule has 0 atom stereocenters. The second-order valence-corrected chi connectivity index (χ2v) is 7.74. The zero-order chi connectivity index (χ0) is 22.4. The quantitative estimate of drug-likeness (QED) is 0.252. The van der Waals surface area contributed by atoms with Gasteiger partial charge in [0.2, 0.25) is 0 Å². The van der Waals surface area contributed by atoms with Gasteiger partial charge in [-0.25, -0.2) is 8.78 Å². The van der Waals surface area contributed by atoms with Crippen LogP contribution in [0.1, 0.15) is 16.7 Å². The van der Waals surface area contributed by atoms with Gasteiger partial charge in [-0.3, -0.25) is 4.79 Å². The van der Waals surface area contributed by atoms with E-state index in [1.165, 1.54) is 43.5 Å². The molecule has 7 heteroatoms. The number of nitrogens with zero attached hydrogens (tertiary/aromatic N) is 1. The zero-order valence-corrected chi connectivity index (χ0v) is 18.6. The number of amides is 1. The Bertz CT molecular complexity index is 1190. The fourth-order valence-corrected chi connectivity index (χ4v) is 3.76. The molecule has 0 aliphatic heterocycles. The van der Waals surface area contributed by atoms with Gasteiger partial charge in [-0.2, -0.15) is 5.26 Å².